The zero-order valence-corrected chi connectivity index (χ0v) is 8.30. The van der Waals surface area contributed by atoms with E-state index >= 15 is 0 Å². The van der Waals surface area contributed by atoms with E-state index in [2.05, 4.69) is 27.7 Å². The normalized spacial score (nSPS) is 10.4. The molecule has 0 atom stereocenters. The van der Waals surface area contributed by atoms with Gasteiger partial charge in [0.25, 0.3) is 0 Å². The average molecular weight is 143 g/mol. The topological polar surface area (TPSA) is 0 Å². The first-order valence-electron chi connectivity index (χ1n) is 3.94. The minimum absolute atomic E-state index is 0. The summed E-state index contributed by atoms with van der Waals surface area (Å²) in [6, 6.07) is 0. The van der Waals surface area contributed by atoms with Gasteiger partial charge in [-0.25, -0.2) is 0 Å². The molecule has 0 aromatic rings. The van der Waals surface area contributed by atoms with E-state index in [0.717, 1.165) is 27.1 Å². The second-order valence-electron chi connectivity index (χ2n) is 3.55. The van der Waals surface area contributed by atoms with Crippen LogP contribution in [0.5, 0.6) is 0 Å². The van der Waals surface area contributed by atoms with Crippen LogP contribution in [0.1, 0.15) is 30.5 Å². The molecule has 0 heterocycles. The van der Waals surface area contributed by atoms with Crippen molar-refractivity contribution in [3.05, 3.63) is 0 Å². The van der Waals surface area contributed by atoms with Crippen LogP contribution >= 0.6 is 0 Å². The van der Waals surface area contributed by atoms with Gasteiger partial charge in [-0.3, -0.25) is 0 Å². The van der Waals surface area contributed by atoms with Crippen molar-refractivity contribution in [2.75, 3.05) is 0 Å². The molecule has 9 heavy (non-hydrogen) atoms. The summed E-state index contributed by atoms with van der Waals surface area (Å²) in [5, 5.41) is 2.97. The fourth-order valence-corrected chi connectivity index (χ4v) is 2.29. The van der Waals surface area contributed by atoms with E-state index in [1.807, 2.05) is 0 Å². The molecule has 0 aromatic carbocycles. The molecule has 0 bridgehead atoms. The molecule has 0 aliphatic carbocycles. The summed E-state index contributed by atoms with van der Waals surface area (Å²) < 4.78 is 0. The molecule has 0 spiro atoms. The summed E-state index contributed by atoms with van der Waals surface area (Å²) in [4.78, 5) is 0. The Balaban J connectivity index is -0.000000320. The maximum atomic E-state index is 2.31. The molecule has 0 saturated heterocycles. The predicted octanol–water partition coefficient (Wildman–Crippen LogP) is 3.06. The Labute approximate surface area is 68.7 Å². The number of hydrogen-bond donors (Lipinski definition) is 0. The average Bonchev–Trinajstić information content (AvgIpc) is 1.63. The number of rotatable bonds is 4. The fourth-order valence-electron chi connectivity index (χ4n) is 0.763. The van der Waals surface area contributed by atoms with Crippen LogP contribution in [0.4, 0.5) is 0 Å². The van der Waals surface area contributed by atoms with Gasteiger partial charge in [0.15, 0.2) is 0 Å². The standard InChI is InChI=1S/2C4H9.Al.2H/c2*1-4(2)3;;;/h2*4H,1H2,2-3H3;;;/q;;+1;2*-1. The summed E-state index contributed by atoms with van der Waals surface area (Å²) in [5.74, 6) is 1.86. The Morgan fingerprint density at radius 3 is 1.56 bits per heavy atom. The van der Waals surface area contributed by atoms with Gasteiger partial charge in [-0.05, 0) is 0 Å². The van der Waals surface area contributed by atoms with Crippen molar-refractivity contribution in [3.63, 3.8) is 0 Å². The van der Waals surface area contributed by atoms with Gasteiger partial charge in [-0.2, -0.15) is 0 Å². The van der Waals surface area contributed by atoms with Crippen molar-refractivity contribution in [2.45, 2.75) is 38.3 Å². The molecule has 0 radical (unpaired) electrons. The molecule has 1 heteroatoms. The van der Waals surface area contributed by atoms with Crippen LogP contribution in [0.3, 0.4) is 0 Å². The van der Waals surface area contributed by atoms with E-state index < -0.39 is 0 Å². The molecule has 0 rings (SSSR count). The Kier molecular flexibility index (Phi) is 5.64. The molecular formula is C8H20Al-. The molecule has 0 unspecified atom stereocenters. The maximum absolute atomic E-state index is 2.31. The minimum atomic E-state index is 0. The molecule has 56 valence electrons. The zero-order valence-electron chi connectivity index (χ0n) is 9.15. The van der Waals surface area contributed by atoms with E-state index in [-0.39, 0.29) is 2.85 Å². The van der Waals surface area contributed by atoms with Gasteiger partial charge in [0.05, 0.1) is 0 Å². The second kappa shape index (κ2) is 5.33. The minimum Gasteiger partial charge on any atom is -1.00 e. The van der Waals surface area contributed by atoms with E-state index in [9.17, 15) is 0 Å². The molecule has 0 amide bonds. The van der Waals surface area contributed by atoms with Gasteiger partial charge in [-0.15, -0.1) is 0 Å². The van der Waals surface area contributed by atoms with E-state index in [1.54, 1.807) is 0 Å². The summed E-state index contributed by atoms with van der Waals surface area (Å²) in [5.41, 5.74) is 0. The largest absolute Gasteiger partial charge is 1.00 e. The van der Waals surface area contributed by atoms with Crippen molar-refractivity contribution in [3.8, 4) is 0 Å². The van der Waals surface area contributed by atoms with E-state index in [4.69, 9.17) is 0 Å². The molecule has 0 N–H and O–H groups in total. The van der Waals surface area contributed by atoms with Crippen molar-refractivity contribution >= 4 is 15.2 Å². The van der Waals surface area contributed by atoms with Crippen LogP contribution in [-0.4, -0.2) is 15.2 Å². The summed E-state index contributed by atoms with van der Waals surface area (Å²) in [6.07, 6.45) is 0. The SMILES string of the molecule is CC(C)[CH2][Al+][CH2]C(C)C.[H-].[H-]. The predicted molar refractivity (Wildman–Crippen MR) is 47.3 cm³/mol. The van der Waals surface area contributed by atoms with Crippen LogP contribution in [0, 0.1) is 11.8 Å². The Hall–Kier alpha value is 0.532. The molecular weight excluding hydrogens is 123 g/mol. The van der Waals surface area contributed by atoms with Gasteiger partial charge in [-0.1, -0.05) is 0 Å². The summed E-state index contributed by atoms with van der Waals surface area (Å²) >= 11 is 0.755. The molecule has 0 aliphatic heterocycles. The van der Waals surface area contributed by atoms with Crippen molar-refractivity contribution in [1.82, 2.24) is 0 Å². The van der Waals surface area contributed by atoms with Gasteiger partial charge in [0.1, 0.15) is 0 Å². The third-order valence-electron chi connectivity index (χ3n) is 1.28. The van der Waals surface area contributed by atoms with Crippen LogP contribution in [0.15, 0.2) is 0 Å². The van der Waals surface area contributed by atoms with Crippen LogP contribution in [0.25, 0.3) is 0 Å². The Morgan fingerprint density at radius 1 is 1.00 bits per heavy atom. The Morgan fingerprint density at radius 2 is 1.33 bits per heavy atom. The van der Waals surface area contributed by atoms with Crippen LogP contribution < -0.4 is 0 Å². The van der Waals surface area contributed by atoms with Gasteiger partial charge < -0.3 is 2.85 Å². The Bertz CT molecular complexity index is 57.1. The van der Waals surface area contributed by atoms with Gasteiger partial charge in [0.2, 0.25) is 0 Å². The number of hydrogen-bond acceptors (Lipinski definition) is 0. The van der Waals surface area contributed by atoms with Crippen molar-refractivity contribution in [1.29, 1.82) is 0 Å². The first-order chi connectivity index (χ1) is 4.13. The van der Waals surface area contributed by atoms with Gasteiger partial charge in [0, 0.05) is 0 Å². The fraction of sp³-hybridized carbons (Fsp3) is 1.00. The molecule has 0 fully saturated rings. The van der Waals surface area contributed by atoms with Crippen LogP contribution in [-0.2, 0) is 0 Å². The third-order valence-corrected chi connectivity index (χ3v) is 3.83. The third kappa shape index (κ3) is 8.53. The molecule has 0 aromatic heterocycles. The maximum Gasteiger partial charge on any atom is -1.00 e. The molecule has 0 aliphatic rings. The first kappa shape index (κ1) is 9.53. The van der Waals surface area contributed by atoms with Crippen molar-refractivity contribution < 1.29 is 2.85 Å². The van der Waals surface area contributed by atoms with E-state index in [1.165, 1.54) is 10.6 Å². The summed E-state index contributed by atoms with van der Waals surface area (Å²) in [7, 11) is 0. The molecule has 0 nitrogen and oxygen atoms in total. The zero-order chi connectivity index (χ0) is 7.28. The van der Waals surface area contributed by atoms with E-state index in [0.29, 0.717) is 0 Å². The van der Waals surface area contributed by atoms with Gasteiger partial charge >= 0.3 is 65.3 Å². The molecule has 0 saturated carbocycles. The quantitative estimate of drug-likeness (QED) is 0.530. The monoisotopic (exact) mass is 143 g/mol. The van der Waals surface area contributed by atoms with Crippen molar-refractivity contribution in [2.24, 2.45) is 11.8 Å². The van der Waals surface area contributed by atoms with Crippen LogP contribution in [0.2, 0.25) is 10.6 Å². The first-order valence-corrected chi connectivity index (χ1v) is 5.58. The second-order valence-corrected chi connectivity index (χ2v) is 5.07. The summed E-state index contributed by atoms with van der Waals surface area (Å²) in [6.45, 7) is 9.25. The smallest absolute Gasteiger partial charge is 1.00 e.